The summed E-state index contributed by atoms with van der Waals surface area (Å²) in [6.45, 7) is 2.51. The van der Waals surface area contributed by atoms with E-state index in [4.69, 9.17) is 0 Å². The first-order chi connectivity index (χ1) is 6.75. The summed E-state index contributed by atoms with van der Waals surface area (Å²) < 4.78 is 13.1. The Morgan fingerprint density at radius 2 is 2.07 bits per heavy atom. The van der Waals surface area contributed by atoms with Crippen molar-refractivity contribution < 1.29 is 9.50 Å². The Bertz CT molecular complexity index is 188. The van der Waals surface area contributed by atoms with Crippen LogP contribution in [0.25, 0.3) is 0 Å². The minimum absolute atomic E-state index is 0.130. The maximum Gasteiger partial charge on any atom is 0.113 e. The SMILES string of the molecule is OC1CCCC1CN1CCCC(F)C1. The Kier molecular flexibility index (Phi) is 3.39. The van der Waals surface area contributed by atoms with Crippen molar-refractivity contribution in [2.45, 2.75) is 44.4 Å². The van der Waals surface area contributed by atoms with Gasteiger partial charge in [-0.3, -0.25) is 0 Å². The van der Waals surface area contributed by atoms with Gasteiger partial charge in [0.15, 0.2) is 0 Å². The highest BCUT2D eigenvalue weighted by atomic mass is 19.1. The van der Waals surface area contributed by atoms with E-state index >= 15 is 0 Å². The van der Waals surface area contributed by atoms with Crippen LogP contribution in [0, 0.1) is 5.92 Å². The Morgan fingerprint density at radius 3 is 2.71 bits per heavy atom. The Morgan fingerprint density at radius 1 is 1.21 bits per heavy atom. The molecule has 0 spiro atoms. The number of piperidine rings is 1. The summed E-state index contributed by atoms with van der Waals surface area (Å²) in [6, 6.07) is 0. The minimum atomic E-state index is -0.637. The van der Waals surface area contributed by atoms with E-state index in [-0.39, 0.29) is 6.10 Å². The molecule has 0 amide bonds. The Labute approximate surface area is 85.1 Å². The van der Waals surface area contributed by atoms with Crippen LogP contribution < -0.4 is 0 Å². The maximum absolute atomic E-state index is 13.1. The zero-order valence-corrected chi connectivity index (χ0v) is 8.66. The molecule has 2 fully saturated rings. The van der Waals surface area contributed by atoms with Crippen molar-refractivity contribution >= 4 is 0 Å². The first-order valence-corrected chi connectivity index (χ1v) is 5.80. The lowest BCUT2D eigenvalue weighted by molar-refractivity contribution is 0.0743. The molecular weight excluding hydrogens is 181 g/mol. The van der Waals surface area contributed by atoms with Gasteiger partial charge in [-0.25, -0.2) is 4.39 Å². The number of alkyl halides is 1. The average molecular weight is 201 g/mol. The molecule has 2 rings (SSSR count). The molecule has 1 saturated carbocycles. The van der Waals surface area contributed by atoms with E-state index in [2.05, 4.69) is 4.90 Å². The summed E-state index contributed by atoms with van der Waals surface area (Å²) >= 11 is 0. The largest absolute Gasteiger partial charge is 0.393 e. The van der Waals surface area contributed by atoms with Crippen LogP contribution in [-0.4, -0.2) is 41.9 Å². The second kappa shape index (κ2) is 4.58. The molecule has 0 aromatic rings. The number of likely N-dealkylation sites (tertiary alicyclic amines) is 1. The molecule has 14 heavy (non-hydrogen) atoms. The fourth-order valence-electron chi connectivity index (χ4n) is 2.73. The van der Waals surface area contributed by atoms with Gasteiger partial charge in [0.2, 0.25) is 0 Å². The first kappa shape index (κ1) is 10.4. The van der Waals surface area contributed by atoms with Crippen LogP contribution in [0.2, 0.25) is 0 Å². The number of nitrogens with zero attached hydrogens (tertiary/aromatic N) is 1. The van der Waals surface area contributed by atoms with Gasteiger partial charge in [0.05, 0.1) is 6.10 Å². The number of rotatable bonds is 2. The predicted molar refractivity (Wildman–Crippen MR) is 53.9 cm³/mol. The van der Waals surface area contributed by atoms with E-state index in [1.165, 1.54) is 0 Å². The van der Waals surface area contributed by atoms with Crippen molar-refractivity contribution in [3.63, 3.8) is 0 Å². The number of hydrogen-bond donors (Lipinski definition) is 1. The fourth-order valence-corrected chi connectivity index (χ4v) is 2.73. The molecule has 0 aromatic carbocycles. The third kappa shape index (κ3) is 2.45. The van der Waals surface area contributed by atoms with Crippen molar-refractivity contribution in [2.24, 2.45) is 5.92 Å². The lowest BCUT2D eigenvalue weighted by Gasteiger charge is -2.31. The molecule has 2 nitrogen and oxygen atoms in total. The molecular formula is C11H20FNO. The molecule has 3 atom stereocenters. The Hall–Kier alpha value is -0.150. The Balaban J connectivity index is 1.78. The summed E-state index contributed by atoms with van der Waals surface area (Å²) in [7, 11) is 0. The quantitative estimate of drug-likeness (QED) is 0.733. The molecule has 1 N–H and O–H groups in total. The number of aliphatic hydroxyl groups excluding tert-OH is 1. The van der Waals surface area contributed by atoms with Crippen LogP contribution in [0.5, 0.6) is 0 Å². The van der Waals surface area contributed by atoms with E-state index in [1.54, 1.807) is 0 Å². The zero-order chi connectivity index (χ0) is 9.97. The van der Waals surface area contributed by atoms with Crippen LogP contribution in [0.4, 0.5) is 4.39 Å². The van der Waals surface area contributed by atoms with Gasteiger partial charge in [-0.05, 0) is 38.1 Å². The fraction of sp³-hybridized carbons (Fsp3) is 1.00. The second-order valence-corrected chi connectivity index (χ2v) is 4.76. The highest BCUT2D eigenvalue weighted by Gasteiger charge is 2.28. The molecule has 3 heteroatoms. The topological polar surface area (TPSA) is 23.5 Å². The third-order valence-electron chi connectivity index (χ3n) is 3.56. The van der Waals surface area contributed by atoms with E-state index in [1.807, 2.05) is 0 Å². The van der Waals surface area contributed by atoms with Crippen LogP contribution in [0.3, 0.4) is 0 Å². The van der Waals surface area contributed by atoms with E-state index in [9.17, 15) is 9.50 Å². The van der Waals surface area contributed by atoms with Crippen molar-refractivity contribution in [3.8, 4) is 0 Å². The summed E-state index contributed by atoms with van der Waals surface area (Å²) in [5.41, 5.74) is 0. The molecule has 1 heterocycles. The normalized spacial score (nSPS) is 40.3. The number of halogens is 1. The summed E-state index contributed by atoms with van der Waals surface area (Å²) in [6.07, 6.45) is 4.13. The van der Waals surface area contributed by atoms with E-state index < -0.39 is 6.17 Å². The maximum atomic E-state index is 13.1. The van der Waals surface area contributed by atoms with Crippen molar-refractivity contribution in [2.75, 3.05) is 19.6 Å². The summed E-state index contributed by atoms with van der Waals surface area (Å²) in [5, 5.41) is 9.67. The number of hydrogen-bond acceptors (Lipinski definition) is 2. The molecule has 82 valence electrons. The van der Waals surface area contributed by atoms with Gasteiger partial charge in [-0.1, -0.05) is 6.42 Å². The lowest BCUT2D eigenvalue weighted by atomic mass is 10.0. The minimum Gasteiger partial charge on any atom is -0.393 e. The molecule has 3 unspecified atom stereocenters. The van der Waals surface area contributed by atoms with Gasteiger partial charge in [0.25, 0.3) is 0 Å². The molecule has 1 aliphatic carbocycles. The monoisotopic (exact) mass is 201 g/mol. The second-order valence-electron chi connectivity index (χ2n) is 4.76. The molecule has 0 bridgehead atoms. The van der Waals surface area contributed by atoms with Crippen molar-refractivity contribution in [1.82, 2.24) is 4.90 Å². The summed E-state index contributed by atoms with van der Waals surface area (Å²) in [4.78, 5) is 2.19. The van der Waals surface area contributed by atoms with Crippen LogP contribution in [-0.2, 0) is 0 Å². The van der Waals surface area contributed by atoms with Gasteiger partial charge in [-0.2, -0.15) is 0 Å². The highest BCUT2D eigenvalue weighted by Crippen LogP contribution is 2.27. The third-order valence-corrected chi connectivity index (χ3v) is 3.56. The van der Waals surface area contributed by atoms with Gasteiger partial charge in [0, 0.05) is 13.1 Å². The predicted octanol–water partition coefficient (Wildman–Crippen LogP) is 1.58. The standard InChI is InChI=1S/C11H20FNO/c12-10-4-2-6-13(8-10)7-9-3-1-5-11(9)14/h9-11,14H,1-8H2. The lowest BCUT2D eigenvalue weighted by Crippen LogP contribution is -2.40. The van der Waals surface area contributed by atoms with Crippen molar-refractivity contribution in [1.29, 1.82) is 0 Å². The van der Waals surface area contributed by atoms with Crippen LogP contribution in [0.1, 0.15) is 32.1 Å². The number of aliphatic hydroxyl groups is 1. The zero-order valence-electron chi connectivity index (χ0n) is 8.66. The average Bonchev–Trinajstić information content (AvgIpc) is 2.52. The van der Waals surface area contributed by atoms with Gasteiger partial charge in [0.1, 0.15) is 6.17 Å². The smallest absolute Gasteiger partial charge is 0.113 e. The van der Waals surface area contributed by atoms with Gasteiger partial charge in [-0.15, -0.1) is 0 Å². The molecule has 2 aliphatic rings. The van der Waals surface area contributed by atoms with Crippen LogP contribution >= 0.6 is 0 Å². The van der Waals surface area contributed by atoms with Crippen molar-refractivity contribution in [3.05, 3.63) is 0 Å². The first-order valence-electron chi connectivity index (χ1n) is 5.80. The van der Waals surface area contributed by atoms with E-state index in [0.717, 1.165) is 45.2 Å². The molecule has 1 aliphatic heterocycles. The van der Waals surface area contributed by atoms with Crippen LogP contribution in [0.15, 0.2) is 0 Å². The van der Waals surface area contributed by atoms with Gasteiger partial charge < -0.3 is 10.0 Å². The molecule has 0 aromatic heterocycles. The highest BCUT2D eigenvalue weighted by molar-refractivity contribution is 4.81. The van der Waals surface area contributed by atoms with E-state index in [0.29, 0.717) is 12.5 Å². The molecule has 0 radical (unpaired) electrons. The summed E-state index contributed by atoms with van der Waals surface area (Å²) in [5.74, 6) is 0.403. The molecule has 1 saturated heterocycles. The van der Waals surface area contributed by atoms with Gasteiger partial charge >= 0.3 is 0 Å².